The van der Waals surface area contributed by atoms with Gasteiger partial charge in [0, 0.05) is 0 Å². The molecule has 102 valence electrons. The van der Waals surface area contributed by atoms with Gasteiger partial charge < -0.3 is 0 Å². The minimum Gasteiger partial charge on any atom is -0.0613 e. The summed E-state index contributed by atoms with van der Waals surface area (Å²) in [6, 6.07) is 13.8. The average Bonchev–Trinajstić information content (AvgIpc) is 2.45. The predicted molar refractivity (Wildman–Crippen MR) is 89.7 cm³/mol. The molecule has 20 heavy (non-hydrogen) atoms. The number of benzene rings is 3. The Bertz CT molecular complexity index is 725. The van der Waals surface area contributed by atoms with E-state index in [0.29, 0.717) is 0 Å². The summed E-state index contributed by atoms with van der Waals surface area (Å²) < 4.78 is 0. The Kier molecular flexibility index (Phi) is 3.25. The van der Waals surface area contributed by atoms with E-state index >= 15 is 0 Å². The number of aryl methyl sites for hydroxylation is 4. The van der Waals surface area contributed by atoms with E-state index < -0.39 is 0 Å². The molecular formula is C20H22. The molecule has 0 heterocycles. The third-order valence-corrected chi connectivity index (χ3v) is 4.36. The fourth-order valence-corrected chi connectivity index (χ4v) is 3.42. The zero-order valence-electron chi connectivity index (χ0n) is 12.9. The first-order valence-corrected chi connectivity index (χ1v) is 7.60. The summed E-state index contributed by atoms with van der Waals surface area (Å²) in [7, 11) is 0. The van der Waals surface area contributed by atoms with Gasteiger partial charge in [-0.2, -0.15) is 0 Å². The van der Waals surface area contributed by atoms with Gasteiger partial charge >= 0.3 is 0 Å². The highest BCUT2D eigenvalue weighted by atomic mass is 14.2. The van der Waals surface area contributed by atoms with Gasteiger partial charge in [0.25, 0.3) is 0 Å². The molecular weight excluding hydrogens is 240 g/mol. The van der Waals surface area contributed by atoms with Gasteiger partial charge in [-0.3, -0.25) is 0 Å². The second kappa shape index (κ2) is 4.94. The van der Waals surface area contributed by atoms with Crippen LogP contribution in [0.1, 0.15) is 36.1 Å². The minimum absolute atomic E-state index is 1.10. The molecule has 0 fully saturated rings. The molecule has 0 spiro atoms. The maximum absolute atomic E-state index is 2.34. The molecule has 3 aromatic carbocycles. The molecule has 0 aliphatic heterocycles. The highest BCUT2D eigenvalue weighted by molar-refractivity contribution is 6.11. The largest absolute Gasteiger partial charge is 0.0613 e. The van der Waals surface area contributed by atoms with Crippen molar-refractivity contribution in [3.8, 4) is 0 Å². The molecule has 0 radical (unpaired) electrons. The zero-order valence-corrected chi connectivity index (χ0v) is 12.9. The summed E-state index contributed by atoms with van der Waals surface area (Å²) in [5, 5.41) is 5.71. The van der Waals surface area contributed by atoms with Crippen LogP contribution in [0.4, 0.5) is 0 Å². The van der Waals surface area contributed by atoms with Crippen LogP contribution in [0.3, 0.4) is 0 Å². The Morgan fingerprint density at radius 1 is 0.600 bits per heavy atom. The molecule has 0 aromatic heterocycles. The zero-order chi connectivity index (χ0) is 14.3. The highest BCUT2D eigenvalue weighted by Gasteiger charge is 2.12. The van der Waals surface area contributed by atoms with E-state index in [4.69, 9.17) is 0 Å². The molecule has 0 N–H and O–H groups in total. The van der Waals surface area contributed by atoms with Crippen LogP contribution < -0.4 is 0 Å². The predicted octanol–water partition coefficient (Wildman–Crippen LogP) is 5.73. The van der Waals surface area contributed by atoms with Crippen LogP contribution in [0.15, 0.2) is 36.4 Å². The Balaban J connectivity index is 2.61. The van der Waals surface area contributed by atoms with Crippen LogP contribution in [-0.4, -0.2) is 0 Å². The van der Waals surface area contributed by atoms with Crippen molar-refractivity contribution in [3.05, 3.63) is 58.7 Å². The number of hydrogen-bond acceptors (Lipinski definition) is 0. The maximum atomic E-state index is 2.34. The van der Waals surface area contributed by atoms with E-state index in [1.807, 2.05) is 0 Å². The topological polar surface area (TPSA) is 0 Å². The smallest absolute Gasteiger partial charge is 0.00997 e. The Hall–Kier alpha value is -1.82. The van der Waals surface area contributed by atoms with Crippen molar-refractivity contribution in [3.63, 3.8) is 0 Å². The van der Waals surface area contributed by atoms with Crippen LogP contribution in [0.5, 0.6) is 0 Å². The lowest BCUT2D eigenvalue weighted by atomic mass is 9.88. The second-order valence-electron chi connectivity index (χ2n) is 5.76. The van der Waals surface area contributed by atoms with Crippen LogP contribution in [-0.2, 0) is 12.8 Å². The van der Waals surface area contributed by atoms with Gasteiger partial charge in [-0.25, -0.2) is 0 Å². The van der Waals surface area contributed by atoms with Crippen LogP contribution in [0.2, 0.25) is 0 Å². The molecule has 0 atom stereocenters. The first-order chi connectivity index (χ1) is 9.65. The lowest BCUT2D eigenvalue weighted by Gasteiger charge is -2.16. The van der Waals surface area contributed by atoms with E-state index in [-0.39, 0.29) is 0 Å². The van der Waals surface area contributed by atoms with Gasteiger partial charge in [-0.1, -0.05) is 61.4 Å². The molecule has 0 saturated heterocycles. The molecule has 0 amide bonds. The number of fused-ring (bicyclic) bond motifs is 3. The lowest BCUT2D eigenvalue weighted by Crippen LogP contribution is -1.96. The summed E-state index contributed by atoms with van der Waals surface area (Å²) in [4.78, 5) is 0. The van der Waals surface area contributed by atoms with E-state index in [9.17, 15) is 0 Å². The average molecular weight is 262 g/mol. The maximum Gasteiger partial charge on any atom is -0.00997 e. The first-order valence-electron chi connectivity index (χ1n) is 7.60. The highest BCUT2D eigenvalue weighted by Crippen LogP contribution is 2.34. The first kappa shape index (κ1) is 13.2. The second-order valence-corrected chi connectivity index (χ2v) is 5.76. The van der Waals surface area contributed by atoms with Crippen molar-refractivity contribution in [1.82, 2.24) is 0 Å². The standard InChI is InChI=1S/C20H22/c1-5-15-16(6-2)18-10-8-14(4)12-20(18)19-11-13(3)7-9-17(15)19/h7-12H,5-6H2,1-4H3. The van der Waals surface area contributed by atoms with Crippen LogP contribution in [0.25, 0.3) is 21.5 Å². The third-order valence-electron chi connectivity index (χ3n) is 4.36. The molecule has 0 unspecified atom stereocenters. The summed E-state index contributed by atoms with van der Waals surface area (Å²) in [6.45, 7) is 8.91. The minimum atomic E-state index is 1.10. The van der Waals surface area contributed by atoms with Gasteiger partial charge in [-0.15, -0.1) is 0 Å². The van der Waals surface area contributed by atoms with E-state index in [1.165, 1.54) is 43.8 Å². The molecule has 0 aliphatic rings. The van der Waals surface area contributed by atoms with Crippen LogP contribution >= 0.6 is 0 Å². The molecule has 3 aromatic rings. The Morgan fingerprint density at radius 3 is 1.35 bits per heavy atom. The monoisotopic (exact) mass is 262 g/mol. The normalized spacial score (nSPS) is 11.4. The SMILES string of the molecule is CCc1c(CC)c2ccc(C)cc2c2cc(C)ccc12. The van der Waals surface area contributed by atoms with Crippen molar-refractivity contribution in [2.45, 2.75) is 40.5 Å². The van der Waals surface area contributed by atoms with Crippen molar-refractivity contribution < 1.29 is 0 Å². The van der Waals surface area contributed by atoms with Crippen molar-refractivity contribution in [2.75, 3.05) is 0 Å². The summed E-state index contributed by atoms with van der Waals surface area (Å²) >= 11 is 0. The molecule has 3 rings (SSSR count). The molecule has 0 bridgehead atoms. The molecule has 0 nitrogen and oxygen atoms in total. The van der Waals surface area contributed by atoms with Gasteiger partial charge in [0.2, 0.25) is 0 Å². The fraction of sp³-hybridized carbons (Fsp3) is 0.300. The van der Waals surface area contributed by atoms with E-state index in [2.05, 4.69) is 64.1 Å². The summed E-state index contributed by atoms with van der Waals surface area (Å²) in [5.41, 5.74) is 5.73. The van der Waals surface area contributed by atoms with Crippen molar-refractivity contribution >= 4 is 21.5 Å². The van der Waals surface area contributed by atoms with Gasteiger partial charge in [0.1, 0.15) is 0 Å². The Morgan fingerprint density at radius 2 is 1.00 bits per heavy atom. The number of rotatable bonds is 2. The van der Waals surface area contributed by atoms with Gasteiger partial charge in [-0.05, 0) is 59.4 Å². The summed E-state index contributed by atoms with van der Waals surface area (Å²) in [5.74, 6) is 0. The number of hydrogen-bond donors (Lipinski definition) is 0. The fourth-order valence-electron chi connectivity index (χ4n) is 3.42. The lowest BCUT2D eigenvalue weighted by molar-refractivity contribution is 1.06. The van der Waals surface area contributed by atoms with Gasteiger partial charge in [0.15, 0.2) is 0 Å². The van der Waals surface area contributed by atoms with Crippen LogP contribution in [0, 0.1) is 13.8 Å². The molecule has 0 heteroatoms. The summed E-state index contributed by atoms with van der Waals surface area (Å²) in [6.07, 6.45) is 2.21. The third kappa shape index (κ3) is 1.91. The van der Waals surface area contributed by atoms with Crippen molar-refractivity contribution in [1.29, 1.82) is 0 Å². The molecule has 0 saturated carbocycles. The van der Waals surface area contributed by atoms with E-state index in [0.717, 1.165) is 12.8 Å². The quantitative estimate of drug-likeness (QED) is 0.517. The molecule has 0 aliphatic carbocycles. The van der Waals surface area contributed by atoms with Gasteiger partial charge in [0.05, 0.1) is 0 Å². The Labute approximate surface area is 121 Å². The van der Waals surface area contributed by atoms with Crippen molar-refractivity contribution in [2.24, 2.45) is 0 Å². The van der Waals surface area contributed by atoms with E-state index in [1.54, 1.807) is 0 Å².